The predicted molar refractivity (Wildman–Crippen MR) is 70.0 cm³/mol. The number of hydrogen-bond donors (Lipinski definition) is 1. The number of nitrogens with zero attached hydrogens (tertiary/aromatic N) is 1. The van der Waals surface area contributed by atoms with Crippen LogP contribution in [-0.2, 0) is 0 Å². The molecule has 1 N–H and O–H groups in total. The highest BCUT2D eigenvalue weighted by Crippen LogP contribution is 2.44. The number of nitrogens with one attached hydrogen (secondary N) is 1. The van der Waals surface area contributed by atoms with Gasteiger partial charge in [-0.05, 0) is 69.9 Å². The summed E-state index contributed by atoms with van der Waals surface area (Å²) >= 11 is 0. The minimum atomic E-state index is 0.842. The number of hydrogen-bond acceptors (Lipinski definition) is 2. The highest BCUT2D eigenvalue weighted by Gasteiger charge is 2.40. The van der Waals surface area contributed by atoms with Crippen LogP contribution in [0.1, 0.15) is 51.4 Å². The molecule has 0 aromatic carbocycles. The van der Waals surface area contributed by atoms with Gasteiger partial charge in [0.05, 0.1) is 0 Å². The summed E-state index contributed by atoms with van der Waals surface area (Å²) in [6, 6.07) is 2.72. The average molecular weight is 234 g/mol. The second-order valence-corrected chi connectivity index (χ2v) is 6.99. The minimum Gasteiger partial charge on any atom is -0.311 e. The summed E-state index contributed by atoms with van der Waals surface area (Å²) in [5, 5.41) is 4.00. The molecular formula is C15H26N2. The van der Waals surface area contributed by atoms with Crippen LogP contribution in [0.5, 0.6) is 0 Å². The van der Waals surface area contributed by atoms with Crippen molar-refractivity contribution in [1.29, 1.82) is 0 Å². The van der Waals surface area contributed by atoms with Gasteiger partial charge in [0.2, 0.25) is 0 Å². The predicted octanol–water partition coefficient (Wildman–Crippen LogP) is 2.39. The van der Waals surface area contributed by atoms with E-state index >= 15 is 0 Å². The highest BCUT2D eigenvalue weighted by atomic mass is 15.2. The van der Waals surface area contributed by atoms with E-state index in [2.05, 4.69) is 10.2 Å². The second kappa shape index (κ2) is 4.24. The molecule has 4 aliphatic rings. The van der Waals surface area contributed by atoms with Gasteiger partial charge >= 0.3 is 0 Å². The smallest absolute Gasteiger partial charge is 0.0101 e. The molecule has 0 aromatic rings. The van der Waals surface area contributed by atoms with Crippen LogP contribution in [-0.4, -0.2) is 36.1 Å². The Kier molecular flexibility index (Phi) is 2.69. The second-order valence-electron chi connectivity index (χ2n) is 6.99. The van der Waals surface area contributed by atoms with E-state index in [0.29, 0.717) is 0 Å². The first-order valence-corrected chi connectivity index (χ1v) is 7.88. The van der Waals surface area contributed by atoms with Crippen molar-refractivity contribution in [1.82, 2.24) is 10.2 Å². The van der Waals surface area contributed by atoms with Gasteiger partial charge < -0.3 is 10.2 Å². The van der Waals surface area contributed by atoms with Gasteiger partial charge in [-0.3, -0.25) is 0 Å². The van der Waals surface area contributed by atoms with Gasteiger partial charge in [0, 0.05) is 18.1 Å². The van der Waals surface area contributed by atoms with E-state index in [-0.39, 0.29) is 0 Å². The lowest BCUT2D eigenvalue weighted by atomic mass is 9.93. The molecule has 0 amide bonds. The number of rotatable bonds is 3. The van der Waals surface area contributed by atoms with Gasteiger partial charge in [0.25, 0.3) is 0 Å². The highest BCUT2D eigenvalue weighted by molar-refractivity contribution is 4.96. The molecule has 4 rings (SSSR count). The molecule has 3 aliphatic carbocycles. The molecule has 0 aromatic heterocycles. The van der Waals surface area contributed by atoms with Crippen LogP contribution in [0.15, 0.2) is 0 Å². The monoisotopic (exact) mass is 234 g/mol. The van der Waals surface area contributed by atoms with Gasteiger partial charge in [-0.15, -0.1) is 0 Å². The molecular weight excluding hydrogens is 208 g/mol. The number of likely N-dealkylation sites (tertiary alicyclic amines) is 1. The lowest BCUT2D eigenvalue weighted by Crippen LogP contribution is -2.48. The van der Waals surface area contributed by atoms with E-state index in [1.54, 1.807) is 6.42 Å². The summed E-state index contributed by atoms with van der Waals surface area (Å²) in [4.78, 5) is 2.74. The topological polar surface area (TPSA) is 15.3 Å². The lowest BCUT2D eigenvalue weighted by molar-refractivity contribution is 0.174. The van der Waals surface area contributed by atoms with E-state index in [1.807, 2.05) is 0 Å². The summed E-state index contributed by atoms with van der Waals surface area (Å²) in [5.41, 5.74) is 0. The van der Waals surface area contributed by atoms with Gasteiger partial charge in [-0.25, -0.2) is 0 Å². The molecule has 2 nitrogen and oxygen atoms in total. The fourth-order valence-corrected chi connectivity index (χ4v) is 4.62. The SMILES string of the molecule is C1CC2CC1CC2NC1CCN(C2CC2)CC1. The van der Waals surface area contributed by atoms with E-state index in [4.69, 9.17) is 0 Å². The Labute approximate surface area is 105 Å². The van der Waals surface area contributed by atoms with E-state index < -0.39 is 0 Å². The summed E-state index contributed by atoms with van der Waals surface area (Å²) in [6.07, 6.45) is 11.8. The first-order valence-electron chi connectivity index (χ1n) is 7.88. The van der Waals surface area contributed by atoms with Crippen molar-refractivity contribution in [3.63, 3.8) is 0 Å². The van der Waals surface area contributed by atoms with Crippen molar-refractivity contribution < 1.29 is 0 Å². The molecule has 0 radical (unpaired) electrons. The van der Waals surface area contributed by atoms with Crippen LogP contribution in [0.25, 0.3) is 0 Å². The van der Waals surface area contributed by atoms with Gasteiger partial charge in [-0.1, -0.05) is 6.42 Å². The lowest BCUT2D eigenvalue weighted by Gasteiger charge is -2.35. The third-order valence-corrected chi connectivity index (χ3v) is 5.78. The normalized spacial score (nSPS) is 43.4. The number of piperidine rings is 1. The maximum absolute atomic E-state index is 4.00. The Bertz CT molecular complexity index is 279. The van der Waals surface area contributed by atoms with Gasteiger partial charge in [0.1, 0.15) is 0 Å². The van der Waals surface area contributed by atoms with E-state index in [0.717, 1.165) is 30.0 Å². The zero-order valence-corrected chi connectivity index (χ0v) is 10.9. The Morgan fingerprint density at radius 2 is 1.65 bits per heavy atom. The molecule has 0 spiro atoms. The molecule has 2 bridgehead atoms. The Hall–Kier alpha value is -0.0800. The fourth-order valence-electron chi connectivity index (χ4n) is 4.62. The fraction of sp³-hybridized carbons (Fsp3) is 1.00. The van der Waals surface area contributed by atoms with Crippen molar-refractivity contribution in [2.75, 3.05) is 13.1 Å². The van der Waals surface area contributed by atoms with Crippen LogP contribution in [0.2, 0.25) is 0 Å². The molecule has 4 fully saturated rings. The molecule has 3 saturated carbocycles. The third-order valence-electron chi connectivity index (χ3n) is 5.78. The quantitative estimate of drug-likeness (QED) is 0.806. The Balaban J connectivity index is 1.27. The summed E-state index contributed by atoms with van der Waals surface area (Å²) in [7, 11) is 0. The van der Waals surface area contributed by atoms with Crippen molar-refractivity contribution in [2.45, 2.75) is 69.5 Å². The molecule has 1 saturated heterocycles. The maximum Gasteiger partial charge on any atom is 0.0101 e. The van der Waals surface area contributed by atoms with Crippen LogP contribution >= 0.6 is 0 Å². The molecule has 3 atom stereocenters. The molecule has 2 heteroatoms. The summed E-state index contributed by atoms with van der Waals surface area (Å²) in [5.74, 6) is 2.13. The van der Waals surface area contributed by atoms with Crippen LogP contribution in [0.3, 0.4) is 0 Å². The standard InChI is InChI=1S/C15H26N2/c1-2-12-9-11(1)10-15(12)16-13-5-7-17(8-6-13)14-3-4-14/h11-16H,1-10H2. The van der Waals surface area contributed by atoms with E-state index in [9.17, 15) is 0 Å². The van der Waals surface area contributed by atoms with Crippen LogP contribution < -0.4 is 5.32 Å². The molecule has 17 heavy (non-hydrogen) atoms. The average Bonchev–Trinajstić information content (AvgIpc) is 3.00. The van der Waals surface area contributed by atoms with Gasteiger partial charge in [0.15, 0.2) is 0 Å². The Morgan fingerprint density at radius 3 is 2.24 bits per heavy atom. The zero-order valence-electron chi connectivity index (χ0n) is 10.9. The molecule has 96 valence electrons. The summed E-state index contributed by atoms with van der Waals surface area (Å²) < 4.78 is 0. The number of fused-ring (bicyclic) bond motifs is 2. The largest absolute Gasteiger partial charge is 0.311 e. The van der Waals surface area contributed by atoms with Crippen LogP contribution in [0, 0.1) is 11.8 Å². The summed E-state index contributed by atoms with van der Waals surface area (Å²) in [6.45, 7) is 2.73. The van der Waals surface area contributed by atoms with Gasteiger partial charge in [-0.2, -0.15) is 0 Å². The first kappa shape index (κ1) is 10.8. The minimum absolute atomic E-state index is 0.842. The van der Waals surface area contributed by atoms with Crippen molar-refractivity contribution in [3.05, 3.63) is 0 Å². The zero-order chi connectivity index (χ0) is 11.2. The van der Waals surface area contributed by atoms with Crippen molar-refractivity contribution in [3.8, 4) is 0 Å². The molecule has 3 unspecified atom stereocenters. The van der Waals surface area contributed by atoms with E-state index in [1.165, 1.54) is 58.0 Å². The first-order chi connectivity index (χ1) is 8.38. The Morgan fingerprint density at radius 1 is 0.824 bits per heavy atom. The van der Waals surface area contributed by atoms with Crippen molar-refractivity contribution in [2.24, 2.45) is 11.8 Å². The molecule has 1 heterocycles. The van der Waals surface area contributed by atoms with Crippen molar-refractivity contribution >= 4 is 0 Å². The third kappa shape index (κ3) is 2.15. The molecule has 1 aliphatic heterocycles. The maximum atomic E-state index is 4.00. The van der Waals surface area contributed by atoms with Crippen LogP contribution in [0.4, 0.5) is 0 Å².